The molecule has 1 heterocycles. The maximum atomic E-state index is 12.2. The third-order valence-electron chi connectivity index (χ3n) is 4.00. The molecule has 1 atom stereocenters. The number of nitrogens with two attached hydrogens (primary N) is 1. The second-order valence-corrected chi connectivity index (χ2v) is 6.01. The lowest BCUT2D eigenvalue weighted by Gasteiger charge is -2.22. The number of nitrogens with zero attached hydrogens (tertiary/aromatic N) is 2. The van der Waals surface area contributed by atoms with Gasteiger partial charge in [-0.3, -0.25) is 9.69 Å². The fourth-order valence-electron chi connectivity index (χ4n) is 2.73. The zero-order chi connectivity index (χ0) is 15.1. The Morgan fingerprint density at radius 2 is 1.83 bits per heavy atom. The molecule has 2 N–H and O–H groups in total. The SMILES string of the molecule is CC(N)CCC(=O)N1CCCN(Cc2ccccc2)CC1.Cl.Cl. The number of halogens is 2. The van der Waals surface area contributed by atoms with Crippen LogP contribution in [0.1, 0.15) is 31.7 Å². The van der Waals surface area contributed by atoms with Crippen molar-refractivity contribution in [3.05, 3.63) is 35.9 Å². The van der Waals surface area contributed by atoms with Crippen LogP contribution in [0.15, 0.2) is 30.3 Å². The molecule has 1 aromatic carbocycles. The molecule has 4 nitrogen and oxygen atoms in total. The van der Waals surface area contributed by atoms with Crippen LogP contribution >= 0.6 is 24.8 Å². The molecule has 0 bridgehead atoms. The zero-order valence-corrected chi connectivity index (χ0v) is 15.5. The summed E-state index contributed by atoms with van der Waals surface area (Å²) in [4.78, 5) is 16.6. The molecule has 0 spiro atoms. The van der Waals surface area contributed by atoms with Crippen LogP contribution in [0, 0.1) is 0 Å². The van der Waals surface area contributed by atoms with E-state index < -0.39 is 0 Å². The Labute approximate surface area is 152 Å². The van der Waals surface area contributed by atoms with Crippen molar-refractivity contribution in [2.24, 2.45) is 5.73 Å². The van der Waals surface area contributed by atoms with E-state index in [1.807, 2.05) is 17.9 Å². The van der Waals surface area contributed by atoms with Crippen LogP contribution in [-0.4, -0.2) is 47.9 Å². The van der Waals surface area contributed by atoms with E-state index >= 15 is 0 Å². The molecule has 23 heavy (non-hydrogen) atoms. The summed E-state index contributed by atoms with van der Waals surface area (Å²) in [6, 6.07) is 10.6. The quantitative estimate of drug-likeness (QED) is 0.876. The predicted molar refractivity (Wildman–Crippen MR) is 100 cm³/mol. The van der Waals surface area contributed by atoms with Gasteiger partial charge in [0.05, 0.1) is 0 Å². The van der Waals surface area contributed by atoms with Crippen molar-refractivity contribution >= 4 is 30.7 Å². The van der Waals surface area contributed by atoms with E-state index in [1.165, 1.54) is 5.56 Å². The van der Waals surface area contributed by atoms with E-state index in [9.17, 15) is 4.79 Å². The molecule has 1 aliphatic heterocycles. The number of benzene rings is 1. The van der Waals surface area contributed by atoms with Crippen molar-refractivity contribution in [1.29, 1.82) is 0 Å². The molecule has 1 unspecified atom stereocenters. The van der Waals surface area contributed by atoms with Crippen LogP contribution in [-0.2, 0) is 11.3 Å². The smallest absolute Gasteiger partial charge is 0.222 e. The number of carbonyl (C=O) groups is 1. The monoisotopic (exact) mass is 361 g/mol. The zero-order valence-electron chi connectivity index (χ0n) is 13.8. The topological polar surface area (TPSA) is 49.6 Å². The van der Waals surface area contributed by atoms with Crippen LogP contribution < -0.4 is 5.73 Å². The molecule has 132 valence electrons. The van der Waals surface area contributed by atoms with Gasteiger partial charge in [-0.05, 0) is 25.3 Å². The second kappa shape index (κ2) is 11.7. The van der Waals surface area contributed by atoms with Crippen LogP contribution in [0.3, 0.4) is 0 Å². The summed E-state index contributed by atoms with van der Waals surface area (Å²) in [7, 11) is 0. The van der Waals surface area contributed by atoms with Crippen molar-refractivity contribution in [3.63, 3.8) is 0 Å². The van der Waals surface area contributed by atoms with Gasteiger partial charge in [0.15, 0.2) is 0 Å². The lowest BCUT2D eigenvalue weighted by Crippen LogP contribution is -2.35. The Kier molecular flexibility index (Phi) is 11.3. The first-order chi connectivity index (χ1) is 10.1. The minimum absolute atomic E-state index is 0. The molecule has 0 saturated carbocycles. The summed E-state index contributed by atoms with van der Waals surface area (Å²) in [5, 5.41) is 0. The predicted octanol–water partition coefficient (Wildman–Crippen LogP) is 2.69. The van der Waals surface area contributed by atoms with Gasteiger partial charge in [0.25, 0.3) is 0 Å². The summed E-state index contributed by atoms with van der Waals surface area (Å²) >= 11 is 0. The van der Waals surface area contributed by atoms with Crippen molar-refractivity contribution in [3.8, 4) is 0 Å². The van der Waals surface area contributed by atoms with Gasteiger partial charge in [0.1, 0.15) is 0 Å². The van der Waals surface area contributed by atoms with Crippen molar-refractivity contribution < 1.29 is 4.79 Å². The molecule has 1 aliphatic rings. The van der Waals surface area contributed by atoms with Gasteiger partial charge < -0.3 is 10.6 Å². The van der Waals surface area contributed by atoms with Gasteiger partial charge in [-0.25, -0.2) is 0 Å². The van der Waals surface area contributed by atoms with Crippen LogP contribution in [0.25, 0.3) is 0 Å². The van der Waals surface area contributed by atoms with E-state index in [-0.39, 0.29) is 36.8 Å². The maximum absolute atomic E-state index is 12.2. The normalized spacial score (nSPS) is 16.7. The fraction of sp³-hybridized carbons (Fsp3) is 0.588. The summed E-state index contributed by atoms with van der Waals surface area (Å²) < 4.78 is 0. The third-order valence-corrected chi connectivity index (χ3v) is 4.00. The van der Waals surface area contributed by atoms with E-state index in [1.54, 1.807) is 0 Å². The van der Waals surface area contributed by atoms with Crippen molar-refractivity contribution in [2.45, 2.75) is 38.8 Å². The molecule has 1 fully saturated rings. The highest BCUT2D eigenvalue weighted by atomic mass is 35.5. The van der Waals surface area contributed by atoms with Crippen LogP contribution in [0.5, 0.6) is 0 Å². The second-order valence-electron chi connectivity index (χ2n) is 6.01. The van der Waals surface area contributed by atoms with Gasteiger partial charge in [0, 0.05) is 45.2 Å². The first-order valence-corrected chi connectivity index (χ1v) is 7.95. The summed E-state index contributed by atoms with van der Waals surface area (Å²) in [6.07, 6.45) is 2.41. The Morgan fingerprint density at radius 1 is 1.13 bits per heavy atom. The first kappa shape index (κ1) is 22.2. The maximum Gasteiger partial charge on any atom is 0.222 e. The molecular weight excluding hydrogens is 333 g/mol. The lowest BCUT2D eigenvalue weighted by molar-refractivity contribution is -0.131. The summed E-state index contributed by atoms with van der Waals surface area (Å²) in [6.45, 7) is 6.67. The molecule has 0 radical (unpaired) electrons. The van der Waals surface area contributed by atoms with E-state index in [0.717, 1.165) is 45.6 Å². The van der Waals surface area contributed by atoms with Gasteiger partial charge in [-0.1, -0.05) is 30.3 Å². The molecule has 1 aromatic rings. The number of hydrogen-bond donors (Lipinski definition) is 1. The van der Waals surface area contributed by atoms with Gasteiger partial charge in [0.2, 0.25) is 5.91 Å². The Bertz CT molecular complexity index is 443. The highest BCUT2D eigenvalue weighted by Crippen LogP contribution is 2.10. The third kappa shape index (κ3) is 8.02. The summed E-state index contributed by atoms with van der Waals surface area (Å²) in [5.41, 5.74) is 7.07. The average molecular weight is 362 g/mol. The number of rotatable bonds is 5. The molecule has 1 amide bonds. The molecule has 6 heteroatoms. The molecule has 0 aliphatic carbocycles. The minimum Gasteiger partial charge on any atom is -0.341 e. The van der Waals surface area contributed by atoms with E-state index in [4.69, 9.17) is 5.73 Å². The van der Waals surface area contributed by atoms with Gasteiger partial charge >= 0.3 is 0 Å². The molecule has 1 saturated heterocycles. The first-order valence-electron chi connectivity index (χ1n) is 7.95. The highest BCUT2D eigenvalue weighted by Gasteiger charge is 2.19. The minimum atomic E-state index is 0. The largest absolute Gasteiger partial charge is 0.341 e. The van der Waals surface area contributed by atoms with Crippen molar-refractivity contribution in [1.82, 2.24) is 9.80 Å². The molecule has 2 rings (SSSR count). The van der Waals surface area contributed by atoms with E-state index in [2.05, 4.69) is 29.2 Å². The summed E-state index contributed by atoms with van der Waals surface area (Å²) in [5.74, 6) is 0.258. The van der Waals surface area contributed by atoms with Crippen LogP contribution in [0.4, 0.5) is 0 Å². The lowest BCUT2D eigenvalue weighted by atomic mass is 10.2. The molecular formula is C17H29Cl2N3O. The molecule has 0 aromatic heterocycles. The van der Waals surface area contributed by atoms with Crippen molar-refractivity contribution in [2.75, 3.05) is 26.2 Å². The number of hydrogen-bond acceptors (Lipinski definition) is 3. The van der Waals surface area contributed by atoms with E-state index in [0.29, 0.717) is 6.42 Å². The Balaban J connectivity index is 0.00000242. The fourth-order valence-corrected chi connectivity index (χ4v) is 2.73. The van der Waals surface area contributed by atoms with Crippen LogP contribution in [0.2, 0.25) is 0 Å². The number of carbonyl (C=O) groups excluding carboxylic acids is 1. The highest BCUT2D eigenvalue weighted by molar-refractivity contribution is 5.85. The Hall–Kier alpha value is -0.810. The Morgan fingerprint density at radius 3 is 2.48 bits per heavy atom. The van der Waals surface area contributed by atoms with Gasteiger partial charge in [-0.2, -0.15) is 0 Å². The number of amides is 1. The average Bonchev–Trinajstić information content (AvgIpc) is 2.71. The van der Waals surface area contributed by atoms with Gasteiger partial charge in [-0.15, -0.1) is 24.8 Å². The standard InChI is InChI=1S/C17H27N3O.2ClH/c1-15(18)8-9-17(21)20-11-5-10-19(12-13-20)14-16-6-3-2-4-7-16;;/h2-4,6-7,15H,5,8-14,18H2,1H3;2*1H.